The van der Waals surface area contributed by atoms with Gasteiger partial charge in [0.15, 0.2) is 0 Å². The maximum atomic E-state index is 12.0. The summed E-state index contributed by atoms with van der Waals surface area (Å²) in [6, 6.07) is 0. The smallest absolute Gasteiger partial charge is 0.356 e. The second-order valence-corrected chi connectivity index (χ2v) is 7.31. The molecular weight excluding hydrogens is 322 g/mol. The van der Waals surface area contributed by atoms with Crippen molar-refractivity contribution in [3.05, 3.63) is 21.9 Å². The predicted octanol–water partition coefficient (Wildman–Crippen LogP) is 0.0915. The van der Waals surface area contributed by atoms with E-state index in [4.69, 9.17) is 4.74 Å². The van der Waals surface area contributed by atoms with Crippen LogP contribution in [0.15, 0.2) is 4.79 Å². The van der Waals surface area contributed by atoms with Gasteiger partial charge in [0.25, 0.3) is 0 Å². The molecule has 2 N–H and O–H groups in total. The number of aromatic nitrogens is 2. The molecule has 1 aromatic rings. The van der Waals surface area contributed by atoms with Gasteiger partial charge >= 0.3 is 11.7 Å². The SMILES string of the molecule is CCOC(=O)c1[nH]c(=O)[nH]c1CN1CCC2(CC1)CN(C)CCN2C. The van der Waals surface area contributed by atoms with Crippen LogP contribution in [-0.4, -0.2) is 89.6 Å². The van der Waals surface area contributed by atoms with Gasteiger partial charge in [0, 0.05) is 44.8 Å². The van der Waals surface area contributed by atoms with Crippen molar-refractivity contribution in [1.29, 1.82) is 0 Å². The summed E-state index contributed by atoms with van der Waals surface area (Å²) in [6.45, 7) is 7.84. The zero-order valence-corrected chi connectivity index (χ0v) is 15.4. The molecule has 2 fully saturated rings. The number of likely N-dealkylation sites (tertiary alicyclic amines) is 1. The molecule has 0 amide bonds. The minimum atomic E-state index is -0.474. The number of nitrogens with one attached hydrogen (secondary N) is 2. The fourth-order valence-electron chi connectivity index (χ4n) is 4.07. The number of H-pyrrole nitrogens is 2. The lowest BCUT2D eigenvalue weighted by Crippen LogP contribution is -2.63. The average molecular weight is 351 g/mol. The van der Waals surface area contributed by atoms with E-state index in [9.17, 15) is 9.59 Å². The van der Waals surface area contributed by atoms with Gasteiger partial charge in [-0.3, -0.25) is 14.8 Å². The molecule has 0 saturated carbocycles. The predicted molar refractivity (Wildman–Crippen MR) is 94.7 cm³/mol. The number of aromatic amines is 2. The summed E-state index contributed by atoms with van der Waals surface area (Å²) in [5, 5.41) is 0. The summed E-state index contributed by atoms with van der Waals surface area (Å²) in [6.07, 6.45) is 2.19. The van der Waals surface area contributed by atoms with Crippen molar-refractivity contribution in [3.8, 4) is 0 Å². The first-order valence-corrected chi connectivity index (χ1v) is 9.04. The Hall–Kier alpha value is -1.64. The zero-order valence-electron chi connectivity index (χ0n) is 15.4. The van der Waals surface area contributed by atoms with E-state index in [-0.39, 0.29) is 23.5 Å². The van der Waals surface area contributed by atoms with Crippen molar-refractivity contribution in [2.75, 3.05) is 53.4 Å². The van der Waals surface area contributed by atoms with E-state index in [1.807, 2.05) is 0 Å². The summed E-state index contributed by atoms with van der Waals surface area (Å²) in [5.74, 6) is -0.474. The number of ether oxygens (including phenoxy) is 1. The largest absolute Gasteiger partial charge is 0.461 e. The Morgan fingerprint density at radius 3 is 2.56 bits per heavy atom. The number of carbonyl (C=O) groups is 1. The third-order valence-corrected chi connectivity index (χ3v) is 5.64. The maximum absolute atomic E-state index is 12.0. The van der Waals surface area contributed by atoms with Crippen LogP contribution < -0.4 is 5.69 Å². The zero-order chi connectivity index (χ0) is 18.0. The van der Waals surface area contributed by atoms with Gasteiger partial charge in [0.05, 0.1) is 12.3 Å². The van der Waals surface area contributed by atoms with Gasteiger partial charge in [-0.15, -0.1) is 0 Å². The number of piperidine rings is 1. The van der Waals surface area contributed by atoms with Crippen molar-refractivity contribution < 1.29 is 9.53 Å². The molecule has 1 aromatic heterocycles. The van der Waals surface area contributed by atoms with Crippen molar-refractivity contribution in [2.24, 2.45) is 0 Å². The van der Waals surface area contributed by atoms with Crippen LogP contribution in [0, 0.1) is 0 Å². The van der Waals surface area contributed by atoms with Crippen LogP contribution in [-0.2, 0) is 11.3 Å². The average Bonchev–Trinajstić information content (AvgIpc) is 2.94. The van der Waals surface area contributed by atoms with Crippen molar-refractivity contribution in [3.63, 3.8) is 0 Å². The fraction of sp³-hybridized carbons (Fsp3) is 0.765. The Kier molecular flexibility index (Phi) is 5.31. The molecule has 0 radical (unpaired) electrons. The summed E-state index contributed by atoms with van der Waals surface area (Å²) in [5.41, 5.74) is 0.759. The monoisotopic (exact) mass is 351 g/mol. The highest BCUT2D eigenvalue weighted by Crippen LogP contribution is 2.31. The summed E-state index contributed by atoms with van der Waals surface area (Å²) < 4.78 is 5.03. The lowest BCUT2D eigenvalue weighted by Gasteiger charge is -2.52. The number of piperazine rings is 1. The molecule has 0 aliphatic carbocycles. The molecule has 8 nitrogen and oxygen atoms in total. The summed E-state index contributed by atoms with van der Waals surface area (Å²) >= 11 is 0. The van der Waals surface area contributed by atoms with Crippen LogP contribution in [0.4, 0.5) is 0 Å². The molecule has 3 rings (SSSR count). The first kappa shape index (κ1) is 18.2. The number of rotatable bonds is 4. The topological polar surface area (TPSA) is 84.7 Å². The first-order valence-electron chi connectivity index (χ1n) is 9.04. The number of hydrogen-bond acceptors (Lipinski definition) is 6. The third-order valence-electron chi connectivity index (χ3n) is 5.64. The Balaban J connectivity index is 1.65. The molecule has 140 valence electrons. The minimum absolute atomic E-state index is 0.249. The van der Waals surface area contributed by atoms with E-state index in [0.717, 1.165) is 45.6 Å². The van der Waals surface area contributed by atoms with Gasteiger partial charge in [0.1, 0.15) is 5.69 Å². The van der Waals surface area contributed by atoms with E-state index >= 15 is 0 Å². The van der Waals surface area contributed by atoms with Crippen molar-refractivity contribution >= 4 is 5.97 Å². The lowest BCUT2D eigenvalue weighted by molar-refractivity contribution is -0.0207. The Bertz CT molecular complexity index is 659. The molecule has 0 aromatic carbocycles. The number of nitrogens with zero attached hydrogens (tertiary/aromatic N) is 3. The van der Waals surface area contributed by atoms with E-state index < -0.39 is 5.97 Å². The number of hydrogen-bond donors (Lipinski definition) is 2. The van der Waals surface area contributed by atoms with Gasteiger partial charge in [0.2, 0.25) is 0 Å². The standard InChI is InChI=1S/C17H29N5O3/c1-4-25-15(23)14-13(18-16(24)19-14)11-22-7-5-17(6-8-22)12-20(2)9-10-21(17)3/h4-12H2,1-3H3,(H2,18,19,24). The van der Waals surface area contributed by atoms with E-state index in [1.165, 1.54) is 0 Å². The molecule has 0 unspecified atom stereocenters. The lowest BCUT2D eigenvalue weighted by atomic mass is 9.84. The van der Waals surface area contributed by atoms with Gasteiger partial charge in [-0.1, -0.05) is 0 Å². The number of carbonyl (C=O) groups excluding carboxylic acids is 1. The molecule has 2 saturated heterocycles. The van der Waals surface area contributed by atoms with Crippen LogP contribution in [0.25, 0.3) is 0 Å². The number of esters is 1. The van der Waals surface area contributed by atoms with Crippen LogP contribution in [0.3, 0.4) is 0 Å². The van der Waals surface area contributed by atoms with Gasteiger partial charge in [-0.25, -0.2) is 9.59 Å². The minimum Gasteiger partial charge on any atom is -0.461 e. The molecule has 3 heterocycles. The highest BCUT2D eigenvalue weighted by Gasteiger charge is 2.41. The molecular formula is C17H29N5O3. The van der Waals surface area contributed by atoms with E-state index in [1.54, 1.807) is 6.92 Å². The van der Waals surface area contributed by atoms with Crippen LogP contribution >= 0.6 is 0 Å². The Labute approximate surface area is 148 Å². The van der Waals surface area contributed by atoms with E-state index in [0.29, 0.717) is 12.2 Å². The van der Waals surface area contributed by atoms with Crippen LogP contribution in [0.5, 0.6) is 0 Å². The summed E-state index contributed by atoms with van der Waals surface area (Å²) in [4.78, 5) is 36.2. The molecule has 2 aliphatic heterocycles. The van der Waals surface area contributed by atoms with Gasteiger partial charge in [-0.05, 0) is 33.9 Å². The van der Waals surface area contributed by atoms with E-state index in [2.05, 4.69) is 38.8 Å². The Morgan fingerprint density at radius 1 is 1.16 bits per heavy atom. The molecule has 25 heavy (non-hydrogen) atoms. The Morgan fingerprint density at radius 2 is 1.88 bits per heavy atom. The quantitative estimate of drug-likeness (QED) is 0.748. The number of imidazole rings is 1. The van der Waals surface area contributed by atoms with Gasteiger partial charge in [-0.2, -0.15) is 0 Å². The summed E-state index contributed by atoms with van der Waals surface area (Å²) in [7, 11) is 4.42. The normalized spacial score (nSPS) is 22.4. The van der Waals surface area contributed by atoms with Gasteiger partial charge < -0.3 is 14.6 Å². The maximum Gasteiger partial charge on any atom is 0.356 e. The second-order valence-electron chi connectivity index (χ2n) is 7.31. The molecule has 2 aliphatic rings. The fourth-order valence-corrected chi connectivity index (χ4v) is 4.07. The van der Waals surface area contributed by atoms with Crippen molar-refractivity contribution in [1.82, 2.24) is 24.7 Å². The highest BCUT2D eigenvalue weighted by molar-refractivity contribution is 5.88. The van der Waals surface area contributed by atoms with Crippen molar-refractivity contribution in [2.45, 2.75) is 31.8 Å². The van der Waals surface area contributed by atoms with Crippen LogP contribution in [0.1, 0.15) is 35.9 Å². The highest BCUT2D eigenvalue weighted by atomic mass is 16.5. The molecule has 8 heteroatoms. The molecule has 0 atom stereocenters. The molecule has 0 bridgehead atoms. The second kappa shape index (κ2) is 7.31. The van der Waals surface area contributed by atoms with Crippen LogP contribution in [0.2, 0.25) is 0 Å². The number of likely N-dealkylation sites (N-methyl/N-ethyl adjacent to an activating group) is 2. The first-order chi connectivity index (χ1) is 11.9. The molecule has 1 spiro atoms. The third kappa shape index (κ3) is 3.80.